The first-order valence-corrected chi connectivity index (χ1v) is 6.65. The van der Waals surface area contributed by atoms with Crippen molar-refractivity contribution in [3.8, 4) is 0 Å². The molecule has 2 aromatic rings. The molecule has 2 aromatic carbocycles. The predicted octanol–water partition coefficient (Wildman–Crippen LogP) is 2.64. The molecular formula is C18H19NO4U. The van der Waals surface area contributed by atoms with Gasteiger partial charge in [0.1, 0.15) is 0 Å². The first kappa shape index (κ1) is 22.4. The van der Waals surface area contributed by atoms with Crippen LogP contribution in [-0.4, -0.2) is 31.5 Å². The zero-order valence-corrected chi connectivity index (χ0v) is 18.0. The molecule has 0 bridgehead atoms. The van der Waals surface area contributed by atoms with E-state index in [0.29, 0.717) is 5.69 Å². The molecule has 0 fully saturated rings. The van der Waals surface area contributed by atoms with Gasteiger partial charge in [0.25, 0.3) is 5.97 Å². The minimum Gasteiger partial charge on any atom is -0.475 e. The van der Waals surface area contributed by atoms with Gasteiger partial charge in [0.2, 0.25) is 0 Å². The van der Waals surface area contributed by atoms with E-state index < -0.39 is 5.97 Å². The van der Waals surface area contributed by atoms with E-state index in [9.17, 15) is 9.59 Å². The minimum absolute atomic E-state index is 0. The Morgan fingerprint density at radius 3 is 2.33 bits per heavy atom. The quantitative estimate of drug-likeness (QED) is 0.458. The summed E-state index contributed by atoms with van der Waals surface area (Å²) in [4.78, 5) is 24.8. The monoisotopic (exact) mass is 551 g/mol. The van der Waals surface area contributed by atoms with E-state index >= 15 is 0 Å². The van der Waals surface area contributed by atoms with Gasteiger partial charge in [-0.15, -0.1) is 11.6 Å². The van der Waals surface area contributed by atoms with Gasteiger partial charge in [0, 0.05) is 12.7 Å². The Hall–Kier alpha value is -1.61. The van der Waals surface area contributed by atoms with Crippen LogP contribution in [0.3, 0.4) is 0 Å². The van der Waals surface area contributed by atoms with Crippen LogP contribution in [0.1, 0.15) is 21.5 Å². The zero-order valence-electron chi connectivity index (χ0n) is 13.9. The smallest absolute Gasteiger partial charge is 0.475 e. The van der Waals surface area contributed by atoms with Gasteiger partial charge in [-0.2, -0.15) is 6.07 Å². The number of hydrogen-bond acceptors (Lipinski definition) is 5. The summed E-state index contributed by atoms with van der Waals surface area (Å²) in [6.45, 7) is -0.0347. The molecular weight excluding hydrogens is 532 g/mol. The molecule has 124 valence electrons. The molecule has 0 saturated heterocycles. The van der Waals surface area contributed by atoms with E-state index in [2.05, 4.69) is 0 Å². The number of benzene rings is 2. The average molecular weight is 551 g/mol. The summed E-state index contributed by atoms with van der Waals surface area (Å²) < 4.78 is 4.76. The molecule has 0 aliphatic rings. The molecule has 5 nitrogen and oxygen atoms in total. The number of aliphatic hydroxyl groups excluding tert-OH is 1. The molecule has 0 aliphatic carbocycles. The second kappa shape index (κ2) is 10.3. The summed E-state index contributed by atoms with van der Waals surface area (Å²) in [6, 6.07) is 12.2. The van der Waals surface area contributed by atoms with Crippen LogP contribution in [0.4, 0.5) is 11.4 Å². The number of anilines is 2. The summed E-state index contributed by atoms with van der Waals surface area (Å²) in [5.41, 5.74) is 2.48. The van der Waals surface area contributed by atoms with Gasteiger partial charge in [-0.1, -0.05) is 18.2 Å². The summed E-state index contributed by atoms with van der Waals surface area (Å²) in [5, 5.41) is 9.08. The van der Waals surface area contributed by atoms with Gasteiger partial charge >= 0.3 is 31.1 Å². The molecule has 0 saturated carbocycles. The zero-order chi connectivity index (χ0) is 16.1. The number of carbonyl (C=O) groups excluding carboxylic acids is 2. The first-order valence-electron chi connectivity index (χ1n) is 6.65. The van der Waals surface area contributed by atoms with E-state index in [-0.39, 0.29) is 56.3 Å². The molecule has 0 radical (unpaired) electrons. The van der Waals surface area contributed by atoms with Gasteiger partial charge in [-0.05, 0) is 28.9 Å². The van der Waals surface area contributed by atoms with E-state index in [1.807, 2.05) is 12.1 Å². The molecule has 0 heterocycles. The molecule has 1 N–H and O–H groups in total. The largest absolute Gasteiger partial charge is 2.00 e. The Labute approximate surface area is 166 Å². The van der Waals surface area contributed by atoms with Crippen LogP contribution >= 0.6 is 0 Å². The second-order valence-corrected chi connectivity index (χ2v) is 4.68. The fourth-order valence-corrected chi connectivity index (χ4v) is 2.19. The third kappa shape index (κ3) is 4.70. The van der Waals surface area contributed by atoms with Crippen LogP contribution in [0.25, 0.3) is 0 Å². The Kier molecular flexibility index (Phi) is 9.61. The number of esters is 1. The van der Waals surface area contributed by atoms with Crippen molar-refractivity contribution in [3.63, 3.8) is 0 Å². The number of rotatable bonds is 5. The molecule has 2 rings (SSSR count). The van der Waals surface area contributed by atoms with Crippen molar-refractivity contribution in [2.24, 2.45) is 0 Å². The number of carbonyl (C=O) groups is 1. The van der Waals surface area contributed by atoms with E-state index in [4.69, 9.17) is 9.84 Å². The standard InChI is InChI=1S/C17H16NO4.CH3.U/c1-18(14-8-6-12(10-19)7-9-14)15-5-3-4-13(11-20)16(15)17(21)22-2;;/h3-9,19H,10H2,1-2H3;1H3;/q2*-1;+2. The molecule has 6 heteroatoms. The Morgan fingerprint density at radius 2 is 1.83 bits per heavy atom. The normalized spacial score (nSPS) is 9.29. The van der Waals surface area contributed by atoms with Gasteiger partial charge < -0.3 is 27.0 Å². The van der Waals surface area contributed by atoms with Crippen LogP contribution in [0.5, 0.6) is 0 Å². The molecule has 0 amide bonds. The Balaban J connectivity index is 0.00000264. The summed E-state index contributed by atoms with van der Waals surface area (Å²) in [7, 11) is 3.05. The molecule has 0 unspecified atom stereocenters. The maximum absolute atomic E-state index is 12.0. The van der Waals surface area contributed by atoms with E-state index in [1.54, 1.807) is 42.5 Å². The second-order valence-electron chi connectivity index (χ2n) is 4.68. The fourth-order valence-electron chi connectivity index (χ4n) is 2.19. The number of methoxy groups -OCH3 is 1. The molecule has 0 aliphatic heterocycles. The van der Waals surface area contributed by atoms with Gasteiger partial charge in [0.15, 0.2) is 0 Å². The van der Waals surface area contributed by atoms with Crippen molar-refractivity contribution >= 4 is 23.6 Å². The molecule has 0 aromatic heterocycles. The maximum atomic E-state index is 12.0. The predicted molar refractivity (Wildman–Crippen MR) is 89.4 cm³/mol. The van der Waals surface area contributed by atoms with Crippen molar-refractivity contribution < 1.29 is 50.5 Å². The van der Waals surface area contributed by atoms with Crippen LogP contribution in [0.15, 0.2) is 42.5 Å². The van der Waals surface area contributed by atoms with Gasteiger partial charge in [-0.3, -0.25) is 4.79 Å². The average Bonchev–Trinajstić information content (AvgIpc) is 2.59. The Morgan fingerprint density at radius 1 is 1.21 bits per heavy atom. The number of aliphatic hydroxyl groups is 1. The SMILES string of the molecule is COC(=O)c1c([C-]=O)cccc1N(C)c1ccc(CO)cc1.[CH3-].[U+2]. The van der Waals surface area contributed by atoms with Crippen LogP contribution < -0.4 is 4.90 Å². The summed E-state index contributed by atoms with van der Waals surface area (Å²) in [6.07, 6.45) is 1.77. The van der Waals surface area contributed by atoms with Crippen molar-refractivity contribution in [2.45, 2.75) is 6.61 Å². The summed E-state index contributed by atoms with van der Waals surface area (Å²) in [5.74, 6) is -0.590. The third-order valence-electron chi connectivity index (χ3n) is 3.41. The fraction of sp³-hybridized carbons (Fsp3) is 0.167. The number of hydrogen-bond donors (Lipinski definition) is 1. The van der Waals surface area contributed by atoms with Crippen molar-refractivity contribution in [1.82, 2.24) is 0 Å². The van der Waals surface area contributed by atoms with Crippen LogP contribution in [-0.2, 0) is 16.1 Å². The Bertz CT molecular complexity index is 686. The number of nitrogens with zero attached hydrogens (tertiary/aromatic N) is 1. The van der Waals surface area contributed by atoms with E-state index in [0.717, 1.165) is 11.3 Å². The number of ether oxygens (including phenoxy) is 1. The van der Waals surface area contributed by atoms with Crippen LogP contribution in [0, 0.1) is 38.5 Å². The minimum atomic E-state index is -0.590. The van der Waals surface area contributed by atoms with Crippen molar-refractivity contribution in [1.29, 1.82) is 0 Å². The third-order valence-corrected chi connectivity index (χ3v) is 3.41. The molecule has 24 heavy (non-hydrogen) atoms. The van der Waals surface area contributed by atoms with Crippen molar-refractivity contribution in [3.05, 3.63) is 66.6 Å². The first-order chi connectivity index (χ1) is 10.6. The van der Waals surface area contributed by atoms with Gasteiger partial charge in [-0.25, -0.2) is 0 Å². The van der Waals surface area contributed by atoms with Crippen LogP contribution in [0.2, 0.25) is 0 Å². The van der Waals surface area contributed by atoms with Crippen molar-refractivity contribution in [2.75, 3.05) is 19.1 Å². The molecule has 0 spiro atoms. The van der Waals surface area contributed by atoms with Gasteiger partial charge in [0.05, 0.1) is 20.0 Å². The molecule has 0 atom stereocenters. The summed E-state index contributed by atoms with van der Waals surface area (Å²) >= 11 is 0. The van der Waals surface area contributed by atoms with E-state index in [1.165, 1.54) is 13.2 Å². The topological polar surface area (TPSA) is 66.8 Å². The maximum Gasteiger partial charge on any atom is 2.00 e.